The van der Waals surface area contributed by atoms with E-state index in [9.17, 15) is 0 Å². The zero-order valence-electron chi connectivity index (χ0n) is 11.8. The Hall–Kier alpha value is -0.540. The predicted molar refractivity (Wildman–Crippen MR) is 76.0 cm³/mol. The molecule has 1 fully saturated rings. The van der Waals surface area contributed by atoms with Crippen LogP contribution in [0.15, 0.2) is 0 Å². The molecule has 0 amide bonds. The molecule has 1 saturated carbocycles. The number of nitrogens with one attached hydrogen (secondary N) is 1. The summed E-state index contributed by atoms with van der Waals surface area (Å²) in [6.07, 6.45) is 3.51. The topological polar surface area (TPSA) is 29.9 Å². The van der Waals surface area contributed by atoms with Crippen LogP contribution in [0.2, 0.25) is 5.02 Å². The van der Waals surface area contributed by atoms with Crippen molar-refractivity contribution in [1.29, 1.82) is 0 Å². The minimum atomic E-state index is 0.548. The number of aryl methyl sites for hydroxylation is 2. The van der Waals surface area contributed by atoms with Gasteiger partial charge in [0.15, 0.2) is 0 Å². The van der Waals surface area contributed by atoms with E-state index in [1.807, 2.05) is 18.7 Å². The molecular formula is C14H24ClN3. The van der Waals surface area contributed by atoms with E-state index in [1.54, 1.807) is 0 Å². The minimum absolute atomic E-state index is 0.548. The van der Waals surface area contributed by atoms with Crippen LogP contribution in [-0.2, 0) is 13.5 Å². The average molecular weight is 270 g/mol. The van der Waals surface area contributed by atoms with Gasteiger partial charge < -0.3 is 5.32 Å². The first-order valence-electron chi connectivity index (χ1n) is 6.96. The maximum absolute atomic E-state index is 6.34. The zero-order valence-corrected chi connectivity index (χ0v) is 12.6. The van der Waals surface area contributed by atoms with Crippen LogP contribution >= 0.6 is 11.6 Å². The van der Waals surface area contributed by atoms with Crippen molar-refractivity contribution in [2.75, 3.05) is 6.54 Å². The summed E-state index contributed by atoms with van der Waals surface area (Å²) in [4.78, 5) is 0. The standard InChI is InChI=1S/C14H24ClN3/c1-5-6-16-12(11-7-9(11)2)8-13-14(15)10(3)17-18(13)4/h9,11-12,16H,5-8H2,1-4H3. The molecule has 0 aromatic carbocycles. The van der Waals surface area contributed by atoms with Crippen LogP contribution in [-0.4, -0.2) is 22.4 Å². The molecule has 0 bridgehead atoms. The van der Waals surface area contributed by atoms with Gasteiger partial charge in [-0.15, -0.1) is 0 Å². The Morgan fingerprint density at radius 3 is 2.67 bits per heavy atom. The van der Waals surface area contributed by atoms with Crippen LogP contribution in [0.3, 0.4) is 0 Å². The third-order valence-corrected chi connectivity index (χ3v) is 4.51. The fourth-order valence-electron chi connectivity index (χ4n) is 2.73. The van der Waals surface area contributed by atoms with Crippen LogP contribution in [0.1, 0.15) is 38.1 Å². The molecular weight excluding hydrogens is 246 g/mol. The molecule has 0 spiro atoms. The quantitative estimate of drug-likeness (QED) is 0.861. The lowest BCUT2D eigenvalue weighted by Crippen LogP contribution is -2.35. The molecule has 18 heavy (non-hydrogen) atoms. The van der Waals surface area contributed by atoms with E-state index in [-0.39, 0.29) is 0 Å². The molecule has 1 aliphatic carbocycles. The van der Waals surface area contributed by atoms with Crippen molar-refractivity contribution in [3.63, 3.8) is 0 Å². The lowest BCUT2D eigenvalue weighted by atomic mass is 10.0. The van der Waals surface area contributed by atoms with E-state index < -0.39 is 0 Å². The molecule has 1 aromatic heterocycles. The second-order valence-corrected chi connectivity index (χ2v) is 5.99. The fourth-order valence-corrected chi connectivity index (χ4v) is 2.96. The van der Waals surface area contributed by atoms with Crippen molar-refractivity contribution in [3.05, 3.63) is 16.4 Å². The van der Waals surface area contributed by atoms with Gasteiger partial charge in [-0.1, -0.05) is 25.4 Å². The van der Waals surface area contributed by atoms with E-state index in [1.165, 1.54) is 18.5 Å². The summed E-state index contributed by atoms with van der Waals surface area (Å²) >= 11 is 6.34. The maximum atomic E-state index is 6.34. The van der Waals surface area contributed by atoms with E-state index in [0.717, 1.165) is 35.5 Å². The smallest absolute Gasteiger partial charge is 0.0847 e. The molecule has 3 nitrogen and oxygen atoms in total. The SMILES string of the molecule is CCCNC(Cc1c(Cl)c(C)nn1C)C1CC1C. The minimum Gasteiger partial charge on any atom is -0.313 e. The molecule has 102 valence electrons. The number of hydrogen-bond acceptors (Lipinski definition) is 2. The van der Waals surface area contributed by atoms with Gasteiger partial charge in [0.2, 0.25) is 0 Å². The molecule has 4 heteroatoms. The van der Waals surface area contributed by atoms with Gasteiger partial charge in [0.1, 0.15) is 0 Å². The molecule has 0 saturated heterocycles. The number of hydrogen-bond donors (Lipinski definition) is 1. The van der Waals surface area contributed by atoms with Gasteiger partial charge >= 0.3 is 0 Å². The van der Waals surface area contributed by atoms with Gasteiger partial charge in [-0.05, 0) is 38.1 Å². The molecule has 1 heterocycles. The molecule has 3 unspecified atom stereocenters. The Morgan fingerprint density at radius 2 is 2.22 bits per heavy atom. The zero-order chi connectivity index (χ0) is 13.3. The fraction of sp³-hybridized carbons (Fsp3) is 0.786. The van der Waals surface area contributed by atoms with Gasteiger partial charge in [-0.2, -0.15) is 5.10 Å². The Bertz CT molecular complexity index is 413. The Morgan fingerprint density at radius 1 is 1.56 bits per heavy atom. The summed E-state index contributed by atoms with van der Waals surface area (Å²) in [6, 6.07) is 0.548. The number of aromatic nitrogens is 2. The van der Waals surface area contributed by atoms with Crippen LogP contribution < -0.4 is 5.32 Å². The summed E-state index contributed by atoms with van der Waals surface area (Å²) < 4.78 is 1.94. The van der Waals surface area contributed by atoms with Crippen molar-refractivity contribution < 1.29 is 0 Å². The van der Waals surface area contributed by atoms with Crippen molar-refractivity contribution in [1.82, 2.24) is 15.1 Å². The Kier molecular flexibility index (Phi) is 4.33. The van der Waals surface area contributed by atoms with E-state index in [2.05, 4.69) is 24.3 Å². The van der Waals surface area contributed by atoms with Gasteiger partial charge in [0.05, 0.1) is 16.4 Å². The van der Waals surface area contributed by atoms with Crippen molar-refractivity contribution in [2.24, 2.45) is 18.9 Å². The summed E-state index contributed by atoms with van der Waals surface area (Å²) in [5.74, 6) is 1.66. The van der Waals surface area contributed by atoms with Crippen molar-refractivity contribution in [3.8, 4) is 0 Å². The average Bonchev–Trinajstić information content (AvgIpc) is 2.99. The first-order valence-corrected chi connectivity index (χ1v) is 7.33. The molecule has 0 aliphatic heterocycles. The molecule has 1 aromatic rings. The van der Waals surface area contributed by atoms with Crippen LogP contribution in [0.25, 0.3) is 0 Å². The summed E-state index contributed by atoms with van der Waals surface area (Å²) in [5.41, 5.74) is 2.11. The molecule has 1 aliphatic rings. The number of nitrogens with zero attached hydrogens (tertiary/aromatic N) is 2. The van der Waals surface area contributed by atoms with Gasteiger partial charge in [-0.3, -0.25) is 4.68 Å². The van der Waals surface area contributed by atoms with Gasteiger partial charge in [-0.25, -0.2) is 0 Å². The maximum Gasteiger partial charge on any atom is 0.0847 e. The number of rotatable bonds is 6. The largest absolute Gasteiger partial charge is 0.313 e. The second kappa shape index (κ2) is 5.62. The first-order chi connectivity index (χ1) is 8.54. The monoisotopic (exact) mass is 269 g/mol. The van der Waals surface area contributed by atoms with Crippen molar-refractivity contribution >= 4 is 11.6 Å². The molecule has 0 radical (unpaired) electrons. The highest BCUT2D eigenvalue weighted by molar-refractivity contribution is 6.31. The van der Waals surface area contributed by atoms with Crippen LogP contribution in [0.4, 0.5) is 0 Å². The highest BCUT2D eigenvalue weighted by atomic mass is 35.5. The summed E-state index contributed by atoms with van der Waals surface area (Å²) in [5, 5.41) is 8.92. The van der Waals surface area contributed by atoms with Crippen LogP contribution in [0, 0.1) is 18.8 Å². The lowest BCUT2D eigenvalue weighted by molar-refractivity contribution is 0.434. The normalized spacial score (nSPS) is 24.3. The third-order valence-electron chi connectivity index (χ3n) is 4.02. The summed E-state index contributed by atoms with van der Waals surface area (Å²) in [6.45, 7) is 7.60. The van der Waals surface area contributed by atoms with Crippen LogP contribution in [0.5, 0.6) is 0 Å². The second-order valence-electron chi connectivity index (χ2n) is 5.61. The Balaban J connectivity index is 2.07. The highest BCUT2D eigenvalue weighted by Crippen LogP contribution is 2.42. The molecule has 2 rings (SSSR count). The van der Waals surface area contributed by atoms with E-state index in [0.29, 0.717) is 6.04 Å². The van der Waals surface area contributed by atoms with Gasteiger partial charge in [0, 0.05) is 19.5 Å². The lowest BCUT2D eigenvalue weighted by Gasteiger charge is -2.19. The summed E-state index contributed by atoms with van der Waals surface area (Å²) in [7, 11) is 1.99. The number of halogens is 1. The van der Waals surface area contributed by atoms with Crippen molar-refractivity contribution in [2.45, 2.75) is 46.1 Å². The Labute approximate surface area is 115 Å². The highest BCUT2D eigenvalue weighted by Gasteiger charge is 2.39. The first kappa shape index (κ1) is 13.9. The molecule has 3 atom stereocenters. The third kappa shape index (κ3) is 2.89. The predicted octanol–water partition coefficient (Wildman–Crippen LogP) is 2.95. The molecule has 1 N–H and O–H groups in total. The van der Waals surface area contributed by atoms with E-state index in [4.69, 9.17) is 11.6 Å². The van der Waals surface area contributed by atoms with E-state index >= 15 is 0 Å². The van der Waals surface area contributed by atoms with Gasteiger partial charge in [0.25, 0.3) is 0 Å².